The quantitative estimate of drug-likeness (QED) is 0.403. The number of methoxy groups -OCH3 is 1. The van der Waals surface area contributed by atoms with Gasteiger partial charge in [-0.2, -0.15) is 0 Å². The summed E-state index contributed by atoms with van der Waals surface area (Å²) in [6.07, 6.45) is 1.51. The highest BCUT2D eigenvalue weighted by molar-refractivity contribution is 6.36. The van der Waals surface area contributed by atoms with Crippen LogP contribution in [0.2, 0.25) is 0 Å². The number of hydrogen-bond donors (Lipinski definition) is 0. The molecule has 0 unspecified atom stereocenters. The van der Waals surface area contributed by atoms with E-state index >= 15 is 0 Å². The van der Waals surface area contributed by atoms with E-state index in [0.29, 0.717) is 49.6 Å². The number of benzene rings is 2. The Hall–Kier alpha value is -3.12. The maximum Gasteiger partial charge on any atom is 0.278 e. The number of nitrogens with zero attached hydrogens (tertiary/aromatic N) is 2. The van der Waals surface area contributed by atoms with E-state index in [-0.39, 0.29) is 11.8 Å². The normalized spacial score (nSPS) is 13.8. The molecule has 6 heteroatoms. The minimum Gasteiger partial charge on any atom is -0.494 e. The van der Waals surface area contributed by atoms with E-state index in [1.54, 1.807) is 7.11 Å². The van der Waals surface area contributed by atoms with Gasteiger partial charge in [0.1, 0.15) is 11.4 Å². The Labute approximate surface area is 184 Å². The molecule has 0 aliphatic carbocycles. The molecule has 2 aromatic rings. The fraction of sp³-hybridized carbons (Fsp3) is 0.360. The molecule has 3 rings (SSSR count). The second-order valence-electron chi connectivity index (χ2n) is 7.28. The molecule has 0 bridgehead atoms. The maximum absolute atomic E-state index is 13.4. The van der Waals surface area contributed by atoms with E-state index in [9.17, 15) is 9.59 Å². The summed E-state index contributed by atoms with van der Waals surface area (Å²) < 4.78 is 10.8. The van der Waals surface area contributed by atoms with Gasteiger partial charge in [-0.25, -0.2) is 0 Å². The minimum absolute atomic E-state index is 0.270. The predicted octanol–water partition coefficient (Wildman–Crippen LogP) is 4.12. The van der Waals surface area contributed by atoms with Crippen molar-refractivity contribution in [1.82, 2.24) is 4.90 Å². The molecule has 0 saturated heterocycles. The van der Waals surface area contributed by atoms with Gasteiger partial charge in [-0.15, -0.1) is 0 Å². The van der Waals surface area contributed by atoms with Gasteiger partial charge in [-0.1, -0.05) is 37.3 Å². The van der Waals surface area contributed by atoms with Crippen molar-refractivity contribution in [3.05, 3.63) is 65.9 Å². The first kappa shape index (κ1) is 22.6. The molecule has 164 valence electrons. The number of carbonyl (C=O) groups is 2. The van der Waals surface area contributed by atoms with E-state index in [0.717, 1.165) is 17.9 Å². The molecule has 2 aromatic carbocycles. The van der Waals surface area contributed by atoms with Gasteiger partial charge in [0.05, 0.1) is 12.2 Å². The van der Waals surface area contributed by atoms with E-state index in [1.165, 1.54) is 4.90 Å². The molecule has 0 fully saturated rings. The number of hydrogen-bond acceptors (Lipinski definition) is 5. The molecule has 0 radical (unpaired) electrons. The van der Waals surface area contributed by atoms with Crippen LogP contribution in [0.15, 0.2) is 60.3 Å². The molecule has 0 aromatic heterocycles. The van der Waals surface area contributed by atoms with Gasteiger partial charge in [-0.05, 0) is 49.6 Å². The molecule has 1 heterocycles. The lowest BCUT2D eigenvalue weighted by atomic mass is 10.0. The maximum atomic E-state index is 13.4. The first-order chi connectivity index (χ1) is 15.1. The first-order valence-corrected chi connectivity index (χ1v) is 10.8. The van der Waals surface area contributed by atoms with E-state index in [1.807, 2.05) is 66.4 Å². The average Bonchev–Trinajstić information content (AvgIpc) is 3.04. The summed E-state index contributed by atoms with van der Waals surface area (Å²) in [4.78, 5) is 30.0. The standard InChI is InChI=1S/C25H30N2O4/c1-4-17-31-21-14-12-19(13-15-21)22-23(26(5-2)20-10-7-6-8-11-20)25(29)27(24(22)28)16-9-18-30-3/h6-8,10-15H,4-5,9,16-18H2,1-3H3. The van der Waals surface area contributed by atoms with Gasteiger partial charge in [0.25, 0.3) is 11.8 Å². The Bertz CT molecular complexity index is 922. The van der Waals surface area contributed by atoms with E-state index in [2.05, 4.69) is 6.92 Å². The molecule has 31 heavy (non-hydrogen) atoms. The summed E-state index contributed by atoms with van der Waals surface area (Å²) in [7, 11) is 1.61. The third-order valence-corrected chi connectivity index (χ3v) is 5.14. The van der Waals surface area contributed by atoms with E-state index < -0.39 is 0 Å². The zero-order valence-electron chi connectivity index (χ0n) is 18.5. The lowest BCUT2D eigenvalue weighted by Crippen LogP contribution is -2.36. The number of amides is 2. The van der Waals surface area contributed by atoms with Gasteiger partial charge < -0.3 is 14.4 Å². The van der Waals surface area contributed by atoms with Crippen molar-refractivity contribution in [2.75, 3.05) is 38.3 Å². The third kappa shape index (κ3) is 4.97. The number of ether oxygens (including phenoxy) is 2. The van der Waals surface area contributed by atoms with Crippen LogP contribution in [0.4, 0.5) is 5.69 Å². The van der Waals surface area contributed by atoms with Crippen LogP contribution in [0.1, 0.15) is 32.3 Å². The summed E-state index contributed by atoms with van der Waals surface area (Å²) in [5, 5.41) is 0. The molecule has 1 aliphatic rings. The smallest absolute Gasteiger partial charge is 0.278 e. The fourth-order valence-electron chi connectivity index (χ4n) is 3.66. The zero-order chi connectivity index (χ0) is 22.2. The van der Waals surface area contributed by atoms with Crippen LogP contribution in [0.3, 0.4) is 0 Å². The van der Waals surface area contributed by atoms with Crippen LogP contribution in [-0.4, -0.2) is 50.1 Å². The highest BCUT2D eigenvalue weighted by atomic mass is 16.5. The molecule has 0 atom stereocenters. The second kappa shape index (κ2) is 10.8. The predicted molar refractivity (Wildman–Crippen MR) is 122 cm³/mol. The van der Waals surface area contributed by atoms with Crippen molar-refractivity contribution in [1.29, 1.82) is 0 Å². The number of imide groups is 1. The Balaban J connectivity index is 2.03. The topological polar surface area (TPSA) is 59.1 Å². The van der Waals surface area contributed by atoms with Gasteiger partial charge in [0.15, 0.2) is 0 Å². The Kier molecular flexibility index (Phi) is 7.84. The van der Waals surface area contributed by atoms with Crippen LogP contribution in [0.25, 0.3) is 5.57 Å². The Morgan fingerprint density at radius 2 is 1.61 bits per heavy atom. The molecule has 1 aliphatic heterocycles. The lowest BCUT2D eigenvalue weighted by Gasteiger charge is -2.25. The number of rotatable bonds is 11. The van der Waals surface area contributed by atoms with Gasteiger partial charge in [-0.3, -0.25) is 14.5 Å². The monoisotopic (exact) mass is 422 g/mol. The second-order valence-corrected chi connectivity index (χ2v) is 7.28. The molecular formula is C25H30N2O4. The summed E-state index contributed by atoms with van der Waals surface area (Å²) in [5.41, 5.74) is 2.43. The number of para-hydroxylation sites is 1. The molecular weight excluding hydrogens is 392 g/mol. The van der Waals surface area contributed by atoms with Crippen LogP contribution in [-0.2, 0) is 14.3 Å². The molecule has 0 N–H and O–H groups in total. The van der Waals surface area contributed by atoms with Gasteiger partial charge in [0, 0.05) is 32.5 Å². The summed E-state index contributed by atoms with van der Waals surface area (Å²) >= 11 is 0. The third-order valence-electron chi connectivity index (χ3n) is 5.14. The van der Waals surface area contributed by atoms with Crippen molar-refractivity contribution < 1.29 is 19.1 Å². The van der Waals surface area contributed by atoms with Crippen LogP contribution in [0.5, 0.6) is 5.75 Å². The molecule has 0 spiro atoms. The largest absolute Gasteiger partial charge is 0.494 e. The van der Waals surface area contributed by atoms with Gasteiger partial charge >= 0.3 is 0 Å². The Morgan fingerprint density at radius 1 is 0.903 bits per heavy atom. The summed E-state index contributed by atoms with van der Waals surface area (Å²) in [6, 6.07) is 17.1. The molecule has 2 amide bonds. The zero-order valence-corrected chi connectivity index (χ0v) is 18.5. The summed E-state index contributed by atoms with van der Waals surface area (Å²) in [5.74, 6) is 0.206. The van der Waals surface area contributed by atoms with Crippen LogP contribution >= 0.6 is 0 Å². The fourth-order valence-corrected chi connectivity index (χ4v) is 3.66. The summed E-state index contributed by atoms with van der Waals surface area (Å²) in [6.45, 7) is 6.03. The lowest BCUT2D eigenvalue weighted by molar-refractivity contribution is -0.137. The van der Waals surface area contributed by atoms with Crippen molar-refractivity contribution in [2.24, 2.45) is 0 Å². The SMILES string of the molecule is CCCOc1ccc(C2=C(N(CC)c3ccccc3)C(=O)N(CCCOC)C2=O)cc1. The van der Waals surface area contributed by atoms with Crippen LogP contribution in [0, 0.1) is 0 Å². The Morgan fingerprint density at radius 3 is 2.23 bits per heavy atom. The highest BCUT2D eigenvalue weighted by Crippen LogP contribution is 2.34. The van der Waals surface area contributed by atoms with Crippen molar-refractivity contribution in [3.8, 4) is 5.75 Å². The van der Waals surface area contributed by atoms with Gasteiger partial charge in [0.2, 0.25) is 0 Å². The van der Waals surface area contributed by atoms with Crippen molar-refractivity contribution >= 4 is 23.1 Å². The highest BCUT2D eigenvalue weighted by Gasteiger charge is 2.41. The molecule has 0 saturated carbocycles. The average molecular weight is 423 g/mol. The number of likely N-dealkylation sites (N-methyl/N-ethyl adjacent to an activating group) is 1. The van der Waals surface area contributed by atoms with Crippen LogP contribution < -0.4 is 9.64 Å². The molecule has 6 nitrogen and oxygen atoms in total. The number of carbonyl (C=O) groups excluding carboxylic acids is 2. The first-order valence-electron chi connectivity index (χ1n) is 10.8. The minimum atomic E-state index is -0.271. The van der Waals surface area contributed by atoms with E-state index in [4.69, 9.17) is 9.47 Å². The number of anilines is 1. The van der Waals surface area contributed by atoms with Crippen molar-refractivity contribution in [2.45, 2.75) is 26.7 Å². The van der Waals surface area contributed by atoms with Crippen molar-refractivity contribution in [3.63, 3.8) is 0 Å².